The van der Waals surface area contributed by atoms with Gasteiger partial charge in [0.15, 0.2) is 0 Å². The number of ether oxygens (including phenoxy) is 2. The van der Waals surface area contributed by atoms with E-state index in [1.165, 1.54) is 0 Å². The molecule has 0 radical (unpaired) electrons. The molecular weight excluding hydrogens is 476 g/mol. The molecule has 2 aromatic heterocycles. The third-order valence-electron chi connectivity index (χ3n) is 6.30. The average Bonchev–Trinajstić information content (AvgIpc) is 3.29. The minimum absolute atomic E-state index is 0.0644. The van der Waals surface area contributed by atoms with E-state index in [9.17, 15) is 19.5 Å². The van der Waals surface area contributed by atoms with E-state index in [1.807, 2.05) is 19.1 Å². The van der Waals surface area contributed by atoms with Crippen molar-refractivity contribution < 1.29 is 29.0 Å². The average molecular weight is 515 g/mol. The standard InChI is InChI=1S/C27H38N4O6/c1-8-18(15-31(23(34)36-25(2,3)4)24(35)37-26(5,6)7)13-19-14-27(19,22(32)33)20-16-30(17-29-20)21-11-9-10-12-28-21/h9-12,16-19H,8,13-15H2,1-7H3,(H,32,33)/t18?,19-,27+/m0/s1. The van der Waals surface area contributed by atoms with E-state index in [0.29, 0.717) is 30.8 Å². The molecular formula is C27H38N4O6. The molecule has 1 aliphatic rings. The Morgan fingerprint density at radius 1 is 1.11 bits per heavy atom. The summed E-state index contributed by atoms with van der Waals surface area (Å²) in [6, 6.07) is 5.47. The van der Waals surface area contributed by atoms with Crippen LogP contribution in [0.15, 0.2) is 36.9 Å². The van der Waals surface area contributed by atoms with Crippen molar-refractivity contribution in [3.8, 4) is 5.82 Å². The number of pyridine rings is 1. The molecule has 0 saturated heterocycles. The van der Waals surface area contributed by atoms with Crippen LogP contribution in [0.2, 0.25) is 0 Å². The Labute approximate surface area is 218 Å². The van der Waals surface area contributed by atoms with E-state index in [0.717, 1.165) is 4.90 Å². The lowest BCUT2D eigenvalue weighted by Crippen LogP contribution is -2.45. The second-order valence-corrected chi connectivity index (χ2v) is 11.6. The molecule has 1 N–H and O–H groups in total. The third-order valence-corrected chi connectivity index (χ3v) is 6.30. The minimum Gasteiger partial charge on any atom is -0.481 e. The molecule has 0 spiro atoms. The van der Waals surface area contributed by atoms with E-state index in [1.54, 1.807) is 70.9 Å². The first-order valence-corrected chi connectivity index (χ1v) is 12.6. The number of aliphatic carboxylic acids is 1. The zero-order valence-corrected chi connectivity index (χ0v) is 22.7. The molecule has 202 valence electrons. The number of carboxylic acid groups (broad SMARTS) is 1. The van der Waals surface area contributed by atoms with Crippen molar-refractivity contribution in [1.82, 2.24) is 19.4 Å². The molecule has 2 amide bonds. The molecule has 2 heterocycles. The van der Waals surface area contributed by atoms with Crippen LogP contribution in [0.25, 0.3) is 5.82 Å². The number of hydrogen-bond donors (Lipinski definition) is 1. The Morgan fingerprint density at radius 3 is 2.22 bits per heavy atom. The molecule has 37 heavy (non-hydrogen) atoms. The van der Waals surface area contributed by atoms with Gasteiger partial charge in [0.25, 0.3) is 0 Å². The van der Waals surface area contributed by atoms with Crippen molar-refractivity contribution in [3.05, 3.63) is 42.6 Å². The van der Waals surface area contributed by atoms with Crippen molar-refractivity contribution >= 4 is 18.2 Å². The van der Waals surface area contributed by atoms with E-state index in [2.05, 4.69) is 9.97 Å². The molecule has 3 atom stereocenters. The smallest absolute Gasteiger partial charge is 0.419 e. The van der Waals surface area contributed by atoms with Crippen LogP contribution >= 0.6 is 0 Å². The summed E-state index contributed by atoms with van der Waals surface area (Å²) < 4.78 is 12.6. The van der Waals surface area contributed by atoms with Crippen molar-refractivity contribution in [2.24, 2.45) is 11.8 Å². The van der Waals surface area contributed by atoms with Crippen LogP contribution in [-0.4, -0.2) is 60.4 Å². The van der Waals surface area contributed by atoms with Crippen LogP contribution in [0.3, 0.4) is 0 Å². The summed E-state index contributed by atoms with van der Waals surface area (Å²) in [5.41, 5.74) is -2.22. The topological polar surface area (TPSA) is 124 Å². The summed E-state index contributed by atoms with van der Waals surface area (Å²) in [5.74, 6) is -0.629. The number of rotatable bonds is 8. The van der Waals surface area contributed by atoms with Crippen molar-refractivity contribution in [1.29, 1.82) is 0 Å². The number of carbonyl (C=O) groups is 3. The van der Waals surface area contributed by atoms with Crippen LogP contribution in [0.4, 0.5) is 9.59 Å². The Bertz CT molecular complexity index is 1090. The Balaban J connectivity index is 1.78. The summed E-state index contributed by atoms with van der Waals surface area (Å²) in [6.45, 7) is 12.4. The lowest BCUT2D eigenvalue weighted by Gasteiger charge is -2.30. The number of imidazole rings is 1. The predicted molar refractivity (Wildman–Crippen MR) is 136 cm³/mol. The lowest BCUT2D eigenvalue weighted by atomic mass is 9.92. The van der Waals surface area contributed by atoms with Crippen LogP contribution in [-0.2, 0) is 19.7 Å². The number of nitrogens with zero attached hydrogens (tertiary/aromatic N) is 4. The van der Waals surface area contributed by atoms with Gasteiger partial charge in [-0.15, -0.1) is 0 Å². The quantitative estimate of drug-likeness (QED) is 0.510. The fraction of sp³-hybridized carbons (Fsp3) is 0.593. The third kappa shape index (κ3) is 6.87. The van der Waals surface area contributed by atoms with Gasteiger partial charge in [-0.05, 0) is 78.4 Å². The first-order valence-electron chi connectivity index (χ1n) is 12.6. The van der Waals surface area contributed by atoms with Crippen molar-refractivity contribution in [3.63, 3.8) is 0 Å². The van der Waals surface area contributed by atoms with Crippen LogP contribution < -0.4 is 0 Å². The van der Waals surface area contributed by atoms with Gasteiger partial charge in [0, 0.05) is 18.9 Å². The number of carboxylic acids is 1. The molecule has 1 unspecified atom stereocenters. The van der Waals surface area contributed by atoms with Gasteiger partial charge in [0.05, 0.1) is 5.69 Å². The van der Waals surface area contributed by atoms with E-state index < -0.39 is 34.8 Å². The number of aromatic nitrogens is 3. The first-order chi connectivity index (χ1) is 17.2. The second kappa shape index (κ2) is 10.5. The van der Waals surface area contributed by atoms with Gasteiger partial charge in [-0.1, -0.05) is 19.4 Å². The molecule has 10 nitrogen and oxygen atoms in total. The zero-order valence-electron chi connectivity index (χ0n) is 22.7. The van der Waals surface area contributed by atoms with E-state index in [-0.39, 0.29) is 18.4 Å². The van der Waals surface area contributed by atoms with Crippen LogP contribution in [0.1, 0.15) is 73.4 Å². The highest BCUT2D eigenvalue weighted by Gasteiger charge is 2.63. The maximum Gasteiger partial charge on any atom is 0.419 e. The number of carbonyl (C=O) groups excluding carboxylic acids is 2. The van der Waals surface area contributed by atoms with E-state index >= 15 is 0 Å². The highest BCUT2D eigenvalue weighted by atomic mass is 16.6. The van der Waals surface area contributed by atoms with Crippen molar-refractivity contribution in [2.75, 3.05) is 6.54 Å². The number of imide groups is 1. The molecule has 0 aliphatic heterocycles. The molecule has 1 aliphatic carbocycles. The fourth-order valence-corrected chi connectivity index (χ4v) is 4.37. The van der Waals surface area contributed by atoms with Gasteiger partial charge >= 0.3 is 18.2 Å². The van der Waals surface area contributed by atoms with Gasteiger partial charge < -0.3 is 14.6 Å². The molecule has 3 rings (SSSR count). The highest BCUT2D eigenvalue weighted by Crippen LogP contribution is 2.57. The van der Waals surface area contributed by atoms with Gasteiger partial charge in [0.2, 0.25) is 0 Å². The largest absolute Gasteiger partial charge is 0.481 e. The lowest BCUT2D eigenvalue weighted by molar-refractivity contribution is -0.140. The summed E-state index contributed by atoms with van der Waals surface area (Å²) >= 11 is 0. The summed E-state index contributed by atoms with van der Waals surface area (Å²) in [4.78, 5) is 48.0. The summed E-state index contributed by atoms with van der Waals surface area (Å²) in [7, 11) is 0. The number of amides is 2. The monoisotopic (exact) mass is 514 g/mol. The minimum atomic E-state index is -1.11. The summed E-state index contributed by atoms with van der Waals surface area (Å²) in [6.07, 6.45) is 4.95. The molecule has 0 aromatic carbocycles. The fourth-order valence-electron chi connectivity index (χ4n) is 4.37. The van der Waals surface area contributed by atoms with Crippen LogP contribution in [0.5, 0.6) is 0 Å². The molecule has 10 heteroatoms. The van der Waals surface area contributed by atoms with Gasteiger partial charge in [-0.25, -0.2) is 24.5 Å². The second-order valence-electron chi connectivity index (χ2n) is 11.6. The normalized spacial score (nSPS) is 20.1. The maximum absolute atomic E-state index is 12.9. The Kier molecular flexibility index (Phi) is 8.00. The van der Waals surface area contributed by atoms with Crippen molar-refractivity contribution in [2.45, 2.75) is 84.3 Å². The Hall–Kier alpha value is -3.43. The number of hydrogen-bond acceptors (Lipinski definition) is 7. The van der Waals surface area contributed by atoms with Gasteiger partial charge in [0.1, 0.15) is 28.8 Å². The highest BCUT2D eigenvalue weighted by molar-refractivity contribution is 5.88. The van der Waals surface area contributed by atoms with Gasteiger partial charge in [-0.2, -0.15) is 0 Å². The molecule has 2 aromatic rings. The van der Waals surface area contributed by atoms with E-state index in [4.69, 9.17) is 9.47 Å². The molecule has 1 fully saturated rings. The summed E-state index contributed by atoms with van der Waals surface area (Å²) in [5, 5.41) is 10.2. The first kappa shape index (κ1) is 28.1. The maximum atomic E-state index is 12.9. The SMILES string of the molecule is CCC(C[C@H]1C[C@]1(C(=O)O)c1cn(-c2ccccn2)cn1)CN(C(=O)OC(C)(C)C)C(=O)OC(C)(C)C. The molecule has 0 bridgehead atoms. The van der Waals surface area contributed by atoms with Gasteiger partial charge in [-0.3, -0.25) is 9.36 Å². The molecule has 1 saturated carbocycles. The zero-order chi connectivity index (χ0) is 27.6. The predicted octanol–water partition coefficient (Wildman–Crippen LogP) is 5.20. The Morgan fingerprint density at radius 2 is 1.73 bits per heavy atom. The van der Waals surface area contributed by atoms with Crippen LogP contribution in [0, 0.1) is 11.8 Å².